The van der Waals surface area contributed by atoms with Crippen molar-refractivity contribution in [1.29, 1.82) is 0 Å². The first kappa shape index (κ1) is 12.2. The molecule has 1 heterocycles. The molecular weight excluding hydrogens is 288 g/mol. The molecule has 16 heavy (non-hydrogen) atoms. The maximum absolute atomic E-state index is 5.95. The van der Waals surface area contributed by atoms with Crippen LogP contribution in [-0.4, -0.2) is 25.7 Å². The van der Waals surface area contributed by atoms with Crippen molar-refractivity contribution in [2.24, 2.45) is 0 Å². The van der Waals surface area contributed by atoms with Crippen LogP contribution < -0.4 is 10.2 Å². The van der Waals surface area contributed by atoms with E-state index in [4.69, 9.17) is 11.6 Å². The summed E-state index contributed by atoms with van der Waals surface area (Å²) in [7, 11) is 0. The minimum atomic E-state index is 0.594. The van der Waals surface area contributed by atoms with Gasteiger partial charge in [0.25, 0.3) is 0 Å². The van der Waals surface area contributed by atoms with Crippen molar-refractivity contribution in [3.05, 3.63) is 27.7 Å². The maximum atomic E-state index is 5.95. The van der Waals surface area contributed by atoms with Gasteiger partial charge in [-0.25, -0.2) is 0 Å². The summed E-state index contributed by atoms with van der Waals surface area (Å²) in [6.07, 6.45) is 1.17. The van der Waals surface area contributed by atoms with Gasteiger partial charge in [0, 0.05) is 35.2 Å². The summed E-state index contributed by atoms with van der Waals surface area (Å²) in [5.41, 5.74) is 1.24. The summed E-state index contributed by atoms with van der Waals surface area (Å²) in [6, 6.07) is 6.59. The predicted molar refractivity (Wildman–Crippen MR) is 73.4 cm³/mol. The fraction of sp³-hybridized carbons (Fsp3) is 0.500. The number of piperazine rings is 1. The molecule has 0 aromatic heterocycles. The van der Waals surface area contributed by atoms with Gasteiger partial charge >= 0.3 is 0 Å². The topological polar surface area (TPSA) is 15.3 Å². The molecule has 1 aromatic rings. The Morgan fingerprint density at radius 3 is 3.06 bits per heavy atom. The minimum Gasteiger partial charge on any atom is -0.368 e. The highest BCUT2D eigenvalue weighted by atomic mass is 79.9. The summed E-state index contributed by atoms with van der Waals surface area (Å²) >= 11 is 9.53. The third-order valence-electron chi connectivity index (χ3n) is 3.00. The summed E-state index contributed by atoms with van der Waals surface area (Å²) in [5, 5.41) is 4.29. The molecule has 0 amide bonds. The van der Waals surface area contributed by atoms with Crippen molar-refractivity contribution in [3.8, 4) is 0 Å². The van der Waals surface area contributed by atoms with Gasteiger partial charge in [-0.15, -0.1) is 0 Å². The Balaban J connectivity index is 2.16. The van der Waals surface area contributed by atoms with Gasteiger partial charge in [0.2, 0.25) is 0 Å². The molecule has 0 spiro atoms. The zero-order valence-corrected chi connectivity index (χ0v) is 11.7. The Morgan fingerprint density at radius 1 is 1.56 bits per heavy atom. The van der Waals surface area contributed by atoms with E-state index in [9.17, 15) is 0 Å². The number of anilines is 1. The van der Waals surface area contributed by atoms with Crippen LogP contribution in [0.1, 0.15) is 13.3 Å². The molecule has 1 aromatic carbocycles. The standard InChI is InChI=1S/C12H16BrClN2/c1-2-10-8-16(6-5-15-10)12-4-3-9(14)7-11(12)13/h3-4,7,10,15H,2,5-6,8H2,1H3. The Hall–Kier alpha value is -0.250. The third-order valence-corrected chi connectivity index (χ3v) is 3.87. The molecule has 1 unspecified atom stereocenters. The van der Waals surface area contributed by atoms with Crippen LogP contribution in [0.2, 0.25) is 5.02 Å². The molecule has 1 aliphatic heterocycles. The van der Waals surface area contributed by atoms with E-state index in [-0.39, 0.29) is 0 Å². The van der Waals surface area contributed by atoms with E-state index < -0.39 is 0 Å². The van der Waals surface area contributed by atoms with Crippen molar-refractivity contribution in [2.75, 3.05) is 24.5 Å². The number of nitrogens with zero attached hydrogens (tertiary/aromatic N) is 1. The van der Waals surface area contributed by atoms with Crippen LogP contribution >= 0.6 is 27.5 Å². The Bertz CT molecular complexity index is 370. The van der Waals surface area contributed by atoms with Gasteiger partial charge in [-0.2, -0.15) is 0 Å². The molecule has 1 N–H and O–H groups in total. The Labute approximate surface area is 110 Å². The van der Waals surface area contributed by atoms with Gasteiger partial charge < -0.3 is 10.2 Å². The van der Waals surface area contributed by atoms with Gasteiger partial charge in [-0.05, 0) is 40.5 Å². The van der Waals surface area contributed by atoms with Crippen LogP contribution in [0.4, 0.5) is 5.69 Å². The highest BCUT2D eigenvalue weighted by Gasteiger charge is 2.19. The van der Waals surface area contributed by atoms with E-state index in [1.165, 1.54) is 12.1 Å². The van der Waals surface area contributed by atoms with Crippen LogP contribution in [0.5, 0.6) is 0 Å². The zero-order valence-electron chi connectivity index (χ0n) is 9.34. The lowest BCUT2D eigenvalue weighted by Crippen LogP contribution is -2.50. The quantitative estimate of drug-likeness (QED) is 0.902. The molecule has 88 valence electrons. The normalized spacial score (nSPS) is 21.2. The third kappa shape index (κ3) is 2.70. The van der Waals surface area contributed by atoms with E-state index in [0.717, 1.165) is 29.1 Å². The van der Waals surface area contributed by atoms with Crippen LogP contribution in [0.15, 0.2) is 22.7 Å². The van der Waals surface area contributed by atoms with Gasteiger partial charge in [-0.3, -0.25) is 0 Å². The summed E-state index contributed by atoms with van der Waals surface area (Å²) in [6.45, 7) is 5.39. The molecule has 0 saturated carbocycles. The molecule has 0 bridgehead atoms. The largest absolute Gasteiger partial charge is 0.368 e. The molecule has 1 saturated heterocycles. The van der Waals surface area contributed by atoms with Crippen LogP contribution in [0, 0.1) is 0 Å². The van der Waals surface area contributed by atoms with Crippen molar-refractivity contribution < 1.29 is 0 Å². The number of benzene rings is 1. The van der Waals surface area contributed by atoms with Crippen LogP contribution in [0.25, 0.3) is 0 Å². The minimum absolute atomic E-state index is 0.594. The van der Waals surface area contributed by atoms with Crippen molar-refractivity contribution >= 4 is 33.2 Å². The highest BCUT2D eigenvalue weighted by molar-refractivity contribution is 9.10. The fourth-order valence-corrected chi connectivity index (χ4v) is 2.99. The highest BCUT2D eigenvalue weighted by Crippen LogP contribution is 2.29. The Morgan fingerprint density at radius 2 is 2.38 bits per heavy atom. The molecule has 1 aliphatic rings. The van der Waals surface area contributed by atoms with Gasteiger partial charge in [0.1, 0.15) is 0 Å². The lowest BCUT2D eigenvalue weighted by atomic mass is 10.1. The van der Waals surface area contributed by atoms with Crippen molar-refractivity contribution in [2.45, 2.75) is 19.4 Å². The van der Waals surface area contributed by atoms with Gasteiger partial charge in [0.05, 0.1) is 5.69 Å². The SMILES string of the molecule is CCC1CN(c2ccc(Cl)cc2Br)CCN1. The van der Waals surface area contributed by atoms with E-state index in [1.807, 2.05) is 12.1 Å². The first-order chi connectivity index (χ1) is 7.70. The smallest absolute Gasteiger partial charge is 0.0512 e. The lowest BCUT2D eigenvalue weighted by Gasteiger charge is -2.35. The second kappa shape index (κ2) is 5.39. The number of halogens is 2. The zero-order chi connectivity index (χ0) is 11.5. The summed E-state index contributed by atoms with van der Waals surface area (Å²) < 4.78 is 1.08. The van der Waals surface area contributed by atoms with Gasteiger partial charge in [0.15, 0.2) is 0 Å². The molecule has 2 nitrogen and oxygen atoms in total. The molecular formula is C12H16BrClN2. The van der Waals surface area contributed by atoms with Crippen LogP contribution in [0.3, 0.4) is 0 Å². The van der Waals surface area contributed by atoms with Crippen molar-refractivity contribution in [3.63, 3.8) is 0 Å². The first-order valence-corrected chi connectivity index (χ1v) is 6.81. The monoisotopic (exact) mass is 302 g/mol. The molecule has 0 radical (unpaired) electrons. The molecule has 0 aliphatic carbocycles. The van der Waals surface area contributed by atoms with Crippen LogP contribution in [-0.2, 0) is 0 Å². The predicted octanol–water partition coefficient (Wildman–Crippen LogP) is 3.29. The lowest BCUT2D eigenvalue weighted by molar-refractivity contribution is 0.447. The molecule has 1 atom stereocenters. The Kier molecular flexibility index (Phi) is 4.11. The number of hydrogen-bond acceptors (Lipinski definition) is 2. The second-order valence-corrected chi connectivity index (χ2v) is 5.39. The number of hydrogen-bond donors (Lipinski definition) is 1. The summed E-state index contributed by atoms with van der Waals surface area (Å²) in [4.78, 5) is 2.41. The first-order valence-electron chi connectivity index (χ1n) is 5.64. The number of nitrogens with one attached hydrogen (secondary N) is 1. The fourth-order valence-electron chi connectivity index (χ4n) is 2.06. The van der Waals surface area contributed by atoms with E-state index in [0.29, 0.717) is 6.04 Å². The summed E-state index contributed by atoms with van der Waals surface area (Å²) in [5.74, 6) is 0. The molecule has 2 rings (SSSR count). The average Bonchev–Trinajstić information content (AvgIpc) is 2.29. The number of rotatable bonds is 2. The molecule has 1 fully saturated rings. The van der Waals surface area contributed by atoms with Crippen molar-refractivity contribution in [1.82, 2.24) is 5.32 Å². The van der Waals surface area contributed by atoms with E-state index in [1.54, 1.807) is 0 Å². The maximum Gasteiger partial charge on any atom is 0.0512 e. The van der Waals surface area contributed by atoms with E-state index >= 15 is 0 Å². The molecule has 4 heteroatoms. The second-order valence-electron chi connectivity index (χ2n) is 4.10. The average molecular weight is 304 g/mol. The van der Waals surface area contributed by atoms with Gasteiger partial charge in [-0.1, -0.05) is 18.5 Å². The van der Waals surface area contributed by atoms with E-state index in [2.05, 4.69) is 39.1 Å².